The maximum Gasteiger partial charge on any atom is 0.252 e. The number of hydrogen-bond donors (Lipinski definition) is 0. The zero-order valence-corrected chi connectivity index (χ0v) is 38.6. The molecule has 0 saturated heterocycles. The minimum atomic E-state index is -2.36. The predicted octanol–water partition coefficient (Wildman–Crippen LogP) is 13.9. The van der Waals surface area contributed by atoms with Crippen molar-refractivity contribution < 1.29 is 4.11 Å². The van der Waals surface area contributed by atoms with Crippen molar-refractivity contribution in [3.8, 4) is 11.1 Å². The molecule has 0 aromatic heterocycles. The Labute approximate surface area is 366 Å². The van der Waals surface area contributed by atoms with E-state index in [1.165, 1.54) is 38.7 Å². The molecule has 0 saturated carbocycles. The van der Waals surface area contributed by atoms with Crippen LogP contribution in [0.5, 0.6) is 0 Å². The van der Waals surface area contributed by atoms with Gasteiger partial charge in [-0.1, -0.05) is 157 Å². The van der Waals surface area contributed by atoms with Crippen LogP contribution < -0.4 is 26.2 Å². The zero-order valence-electron chi connectivity index (χ0n) is 41.6. The monoisotopic (exact) mass is 792 g/mol. The lowest BCUT2D eigenvalue weighted by Crippen LogP contribution is -2.62. The van der Waals surface area contributed by atoms with Gasteiger partial charge in [-0.25, -0.2) is 0 Å². The highest BCUT2D eigenvalue weighted by atomic mass is 15.2. The Morgan fingerprint density at radius 2 is 1.02 bits per heavy atom. The first kappa shape index (κ1) is 36.8. The number of rotatable bonds is 3. The van der Waals surface area contributed by atoms with Crippen LogP contribution in [0.2, 0.25) is 0 Å². The van der Waals surface area contributed by atoms with E-state index in [0.717, 1.165) is 62.7 Å². The van der Waals surface area contributed by atoms with Crippen molar-refractivity contribution in [1.82, 2.24) is 0 Å². The van der Waals surface area contributed by atoms with Gasteiger partial charge in [0.1, 0.15) is 0 Å². The Kier molecular flexibility index (Phi) is 8.12. The molecule has 0 atom stereocenters. The standard InChI is InChI=1S/C57H65BN2/c1-35-27-50-52-51(28-35)60(47-25-22-39(54(6,7)8)30-41(47)37-19-17-16-18-20-37)48-26-23-40(55(9,10)11)31-44(48)58(52)45-32-42-43(57(14,15)34-56(42,12)13)33-49(45)59(50)46-24-21-38(29-36(46)2)53(3,4)5/h16-33H,34H2,1-15H3/i1D3. The molecule has 2 nitrogen and oxygen atoms in total. The summed E-state index contributed by atoms with van der Waals surface area (Å²) in [6, 6.07) is 40.6. The maximum atomic E-state index is 9.06. The summed E-state index contributed by atoms with van der Waals surface area (Å²) in [4.78, 5) is 4.83. The van der Waals surface area contributed by atoms with Crippen LogP contribution in [0.1, 0.15) is 139 Å². The molecule has 60 heavy (non-hydrogen) atoms. The van der Waals surface area contributed by atoms with E-state index in [1.54, 1.807) is 0 Å². The number of nitrogens with zero attached hydrogens (tertiary/aromatic N) is 2. The van der Waals surface area contributed by atoms with Crippen molar-refractivity contribution in [3.05, 3.63) is 148 Å². The summed E-state index contributed by atoms with van der Waals surface area (Å²) >= 11 is 0. The van der Waals surface area contributed by atoms with E-state index in [4.69, 9.17) is 4.11 Å². The molecule has 0 bridgehead atoms. The Bertz CT molecular complexity index is 2830. The first-order valence-electron chi connectivity index (χ1n) is 23.6. The molecular formula is C57H65BN2. The van der Waals surface area contributed by atoms with Crippen LogP contribution in [-0.4, -0.2) is 6.71 Å². The Morgan fingerprint density at radius 1 is 0.517 bits per heavy atom. The summed E-state index contributed by atoms with van der Waals surface area (Å²) in [7, 11) is 0. The molecule has 9 rings (SSSR count). The first-order valence-corrected chi connectivity index (χ1v) is 22.1. The van der Waals surface area contributed by atoms with Gasteiger partial charge < -0.3 is 9.80 Å². The van der Waals surface area contributed by atoms with Gasteiger partial charge in [-0.2, -0.15) is 0 Å². The number of benzene rings is 6. The van der Waals surface area contributed by atoms with Crippen molar-refractivity contribution in [1.29, 1.82) is 0 Å². The van der Waals surface area contributed by atoms with Gasteiger partial charge in [0.25, 0.3) is 6.71 Å². The zero-order chi connectivity index (χ0) is 45.6. The lowest BCUT2D eigenvalue weighted by atomic mass is 9.33. The third kappa shape index (κ3) is 6.37. The number of fused-ring (bicyclic) bond motifs is 5. The van der Waals surface area contributed by atoms with Crippen LogP contribution in [0.4, 0.5) is 34.1 Å². The summed E-state index contributed by atoms with van der Waals surface area (Å²) in [6.45, 7) is 29.8. The Morgan fingerprint density at radius 3 is 1.58 bits per heavy atom. The van der Waals surface area contributed by atoms with E-state index in [2.05, 4.69) is 204 Å². The van der Waals surface area contributed by atoms with Crippen LogP contribution in [0.3, 0.4) is 0 Å². The van der Waals surface area contributed by atoms with Gasteiger partial charge in [0.15, 0.2) is 0 Å². The fourth-order valence-corrected chi connectivity index (χ4v) is 10.9. The summed E-state index contributed by atoms with van der Waals surface area (Å²) in [5, 5.41) is 0. The largest absolute Gasteiger partial charge is 0.311 e. The van der Waals surface area contributed by atoms with Gasteiger partial charge in [0.05, 0.1) is 5.69 Å². The Hall–Kier alpha value is -5.02. The molecule has 0 radical (unpaired) electrons. The Balaban J connectivity index is 1.46. The summed E-state index contributed by atoms with van der Waals surface area (Å²) in [5.74, 6) is 0. The van der Waals surface area contributed by atoms with Crippen LogP contribution in [0, 0.1) is 13.8 Å². The lowest BCUT2D eigenvalue weighted by molar-refractivity contribution is 0.403. The minimum Gasteiger partial charge on any atom is -0.311 e. The minimum absolute atomic E-state index is 0.0205. The molecule has 3 heteroatoms. The highest BCUT2D eigenvalue weighted by Gasteiger charge is 2.48. The quantitative estimate of drug-likeness (QED) is 0.164. The molecule has 3 aliphatic rings. The molecule has 0 unspecified atom stereocenters. The van der Waals surface area contributed by atoms with E-state index in [1.807, 2.05) is 12.1 Å². The molecule has 0 fully saturated rings. The normalized spacial score (nSPS) is 17.3. The fourth-order valence-electron chi connectivity index (χ4n) is 10.9. The second-order valence-corrected chi connectivity index (χ2v) is 22.6. The molecule has 6 aromatic rings. The van der Waals surface area contributed by atoms with E-state index in [9.17, 15) is 0 Å². The van der Waals surface area contributed by atoms with Gasteiger partial charge in [-0.15, -0.1) is 0 Å². The molecule has 2 aliphatic heterocycles. The van der Waals surface area contributed by atoms with E-state index in [-0.39, 0.29) is 33.8 Å². The lowest BCUT2D eigenvalue weighted by Gasteiger charge is -2.46. The van der Waals surface area contributed by atoms with Crippen LogP contribution in [0.25, 0.3) is 11.1 Å². The van der Waals surface area contributed by atoms with Crippen LogP contribution in [-0.2, 0) is 27.1 Å². The number of hydrogen-bond acceptors (Lipinski definition) is 2. The maximum absolute atomic E-state index is 9.06. The van der Waals surface area contributed by atoms with Crippen molar-refractivity contribution in [3.63, 3.8) is 0 Å². The summed E-state index contributed by atoms with van der Waals surface area (Å²) in [6.07, 6.45) is 1.05. The average Bonchev–Trinajstić information content (AvgIpc) is 3.37. The second-order valence-electron chi connectivity index (χ2n) is 22.6. The number of anilines is 6. The molecule has 306 valence electrons. The molecule has 0 amide bonds. The molecule has 0 N–H and O–H groups in total. The smallest absolute Gasteiger partial charge is 0.252 e. The third-order valence-corrected chi connectivity index (χ3v) is 13.9. The molecule has 0 spiro atoms. The average molecular weight is 792 g/mol. The van der Waals surface area contributed by atoms with Crippen molar-refractivity contribution >= 4 is 57.2 Å². The van der Waals surface area contributed by atoms with E-state index < -0.39 is 6.85 Å². The van der Waals surface area contributed by atoms with Crippen molar-refractivity contribution in [2.45, 2.75) is 137 Å². The number of aryl methyl sites for hydroxylation is 2. The molecule has 1 aliphatic carbocycles. The molecule has 2 heterocycles. The third-order valence-electron chi connectivity index (χ3n) is 13.9. The van der Waals surface area contributed by atoms with Gasteiger partial charge in [-0.05, 0) is 151 Å². The van der Waals surface area contributed by atoms with Gasteiger partial charge in [0.2, 0.25) is 0 Å². The van der Waals surface area contributed by atoms with Crippen LogP contribution >= 0.6 is 0 Å². The van der Waals surface area contributed by atoms with E-state index >= 15 is 0 Å². The second kappa shape index (κ2) is 13.2. The van der Waals surface area contributed by atoms with Crippen molar-refractivity contribution in [2.75, 3.05) is 9.80 Å². The fraction of sp³-hybridized carbons (Fsp3) is 0.368. The predicted molar refractivity (Wildman–Crippen MR) is 262 cm³/mol. The molecule has 6 aromatic carbocycles. The SMILES string of the molecule is [2H]C([2H])([2H])c1cc2c3c(c1)N(c1ccc(C(C)(C)C)cc1-c1ccccc1)c1ccc(C(C)(C)C)cc1B3c1cc3c(cc1N2c1ccc(C(C)(C)C)cc1C)C(C)(C)CC3(C)C. The van der Waals surface area contributed by atoms with Gasteiger partial charge in [-0.3, -0.25) is 0 Å². The van der Waals surface area contributed by atoms with E-state index in [0.29, 0.717) is 5.56 Å². The highest BCUT2D eigenvalue weighted by Crippen LogP contribution is 2.53. The van der Waals surface area contributed by atoms with Gasteiger partial charge in [0, 0.05) is 38.1 Å². The molecular weight excluding hydrogens is 723 g/mol. The summed E-state index contributed by atoms with van der Waals surface area (Å²) in [5.41, 5.74) is 19.9. The van der Waals surface area contributed by atoms with Gasteiger partial charge >= 0.3 is 0 Å². The summed E-state index contributed by atoms with van der Waals surface area (Å²) < 4.78 is 27.2. The van der Waals surface area contributed by atoms with Crippen molar-refractivity contribution in [2.24, 2.45) is 0 Å². The highest BCUT2D eigenvalue weighted by molar-refractivity contribution is 7.00. The topological polar surface area (TPSA) is 6.48 Å². The first-order chi connectivity index (χ1) is 29.2. The van der Waals surface area contributed by atoms with Crippen LogP contribution in [0.15, 0.2) is 109 Å².